The van der Waals surface area contributed by atoms with E-state index >= 15 is 0 Å². The van der Waals surface area contributed by atoms with Gasteiger partial charge in [0.05, 0.1) is 12.6 Å². The molecule has 0 spiro atoms. The van der Waals surface area contributed by atoms with Gasteiger partial charge < -0.3 is 20.9 Å². The first-order chi connectivity index (χ1) is 11.9. The Labute approximate surface area is 148 Å². The number of hydrogen-bond acceptors (Lipinski definition) is 6. The van der Waals surface area contributed by atoms with Crippen LogP contribution in [0.2, 0.25) is 0 Å². The molecule has 8 heteroatoms. The van der Waals surface area contributed by atoms with Gasteiger partial charge in [-0.05, 0) is 30.9 Å². The van der Waals surface area contributed by atoms with E-state index in [-0.39, 0.29) is 30.3 Å². The smallest absolute Gasteiger partial charge is 0.242 e. The van der Waals surface area contributed by atoms with Gasteiger partial charge in [-0.25, -0.2) is 0 Å². The number of aromatic nitrogens is 2. The zero-order chi connectivity index (χ0) is 18.4. The highest BCUT2D eigenvalue weighted by atomic mass is 16.2. The second kappa shape index (κ2) is 8.75. The topological polar surface area (TPSA) is 104 Å². The lowest BCUT2D eigenvalue weighted by Gasteiger charge is -2.38. The Kier molecular flexibility index (Phi) is 6.69. The maximum absolute atomic E-state index is 12.4. The van der Waals surface area contributed by atoms with Crippen molar-refractivity contribution in [3.63, 3.8) is 0 Å². The van der Waals surface area contributed by atoms with Crippen LogP contribution in [0.1, 0.15) is 26.7 Å². The molecule has 1 aromatic heterocycles. The van der Waals surface area contributed by atoms with Crippen LogP contribution in [0.5, 0.6) is 0 Å². The van der Waals surface area contributed by atoms with Gasteiger partial charge in [-0.3, -0.25) is 9.59 Å². The number of nitrogens with zero attached hydrogens (tertiary/aromatic N) is 4. The first kappa shape index (κ1) is 19.1. The molecule has 1 fully saturated rings. The standard InChI is InChI=1S/C17H28N6O2/c1-12(2)16(18)17(25)19-10-15(24)22(3)13-6-5-9-23(11-13)14-7-4-8-20-21-14/h4,7-8,12-13,16H,5-6,9-11,18H2,1-3H3,(H,19,25)/t13?,16-/m0/s1. The summed E-state index contributed by atoms with van der Waals surface area (Å²) in [6.07, 6.45) is 3.55. The third kappa shape index (κ3) is 5.12. The number of hydrogen-bond donors (Lipinski definition) is 2. The molecule has 1 aliphatic rings. The molecule has 1 unspecified atom stereocenters. The second-order valence-electron chi connectivity index (χ2n) is 6.82. The number of anilines is 1. The van der Waals surface area contributed by atoms with E-state index in [1.54, 1.807) is 18.1 Å². The zero-order valence-electron chi connectivity index (χ0n) is 15.2. The van der Waals surface area contributed by atoms with Gasteiger partial charge in [0.1, 0.15) is 0 Å². The van der Waals surface area contributed by atoms with Gasteiger partial charge in [0, 0.05) is 32.4 Å². The van der Waals surface area contributed by atoms with E-state index < -0.39 is 6.04 Å². The molecule has 2 rings (SSSR count). The van der Waals surface area contributed by atoms with E-state index in [0.29, 0.717) is 6.54 Å². The second-order valence-corrected chi connectivity index (χ2v) is 6.82. The lowest BCUT2D eigenvalue weighted by atomic mass is 10.0. The van der Waals surface area contributed by atoms with E-state index in [1.165, 1.54) is 0 Å². The maximum atomic E-state index is 12.4. The van der Waals surface area contributed by atoms with Crippen molar-refractivity contribution in [1.29, 1.82) is 0 Å². The predicted octanol–water partition coefficient (Wildman–Crippen LogP) is 0.00330. The SMILES string of the molecule is CC(C)[C@H](N)C(=O)NCC(=O)N(C)C1CCCN(c2cccnn2)C1. The Balaban J connectivity index is 1.87. The molecule has 8 nitrogen and oxygen atoms in total. The molecule has 1 aliphatic heterocycles. The minimum Gasteiger partial charge on any atom is -0.353 e. The number of likely N-dealkylation sites (N-methyl/N-ethyl adjacent to an activating group) is 1. The summed E-state index contributed by atoms with van der Waals surface area (Å²) in [4.78, 5) is 28.1. The van der Waals surface area contributed by atoms with E-state index in [9.17, 15) is 9.59 Å². The van der Waals surface area contributed by atoms with Crippen LogP contribution in [0.15, 0.2) is 18.3 Å². The number of amides is 2. The molecule has 2 amide bonds. The zero-order valence-corrected chi connectivity index (χ0v) is 15.2. The largest absolute Gasteiger partial charge is 0.353 e. The summed E-state index contributed by atoms with van der Waals surface area (Å²) < 4.78 is 0. The molecule has 3 N–H and O–H groups in total. The molecule has 25 heavy (non-hydrogen) atoms. The molecule has 0 aromatic carbocycles. The van der Waals surface area contributed by atoms with Crippen molar-refractivity contribution >= 4 is 17.6 Å². The number of carbonyl (C=O) groups is 2. The first-order valence-corrected chi connectivity index (χ1v) is 8.71. The lowest BCUT2D eigenvalue weighted by molar-refractivity contribution is -0.134. The van der Waals surface area contributed by atoms with Gasteiger partial charge in [0.25, 0.3) is 0 Å². The van der Waals surface area contributed by atoms with Crippen LogP contribution in [0, 0.1) is 5.92 Å². The minimum atomic E-state index is -0.597. The fourth-order valence-electron chi connectivity index (χ4n) is 2.85. The fraction of sp³-hybridized carbons (Fsp3) is 0.647. The number of nitrogens with one attached hydrogen (secondary N) is 1. The van der Waals surface area contributed by atoms with E-state index in [4.69, 9.17) is 5.73 Å². The Hall–Kier alpha value is -2.22. The third-order valence-corrected chi connectivity index (χ3v) is 4.65. The van der Waals surface area contributed by atoms with Gasteiger partial charge in [-0.2, -0.15) is 5.10 Å². The molecule has 0 radical (unpaired) electrons. The summed E-state index contributed by atoms with van der Waals surface area (Å²) in [6, 6.07) is 3.26. The Morgan fingerprint density at radius 3 is 2.88 bits per heavy atom. The van der Waals surface area contributed by atoms with Crippen molar-refractivity contribution < 1.29 is 9.59 Å². The van der Waals surface area contributed by atoms with Crippen molar-refractivity contribution in [3.8, 4) is 0 Å². The van der Waals surface area contributed by atoms with Crippen molar-refractivity contribution in [1.82, 2.24) is 20.4 Å². The van der Waals surface area contributed by atoms with Crippen molar-refractivity contribution in [3.05, 3.63) is 18.3 Å². The average molecular weight is 348 g/mol. The van der Waals surface area contributed by atoms with Crippen molar-refractivity contribution in [2.24, 2.45) is 11.7 Å². The molecule has 1 aromatic rings. The van der Waals surface area contributed by atoms with E-state index in [1.807, 2.05) is 26.0 Å². The maximum Gasteiger partial charge on any atom is 0.242 e. The third-order valence-electron chi connectivity index (χ3n) is 4.65. The molecule has 1 saturated heterocycles. The van der Waals surface area contributed by atoms with Crippen LogP contribution < -0.4 is 16.0 Å². The summed E-state index contributed by atoms with van der Waals surface area (Å²) >= 11 is 0. The Morgan fingerprint density at radius 1 is 1.48 bits per heavy atom. The van der Waals surface area contributed by atoms with Gasteiger partial charge in [-0.15, -0.1) is 5.10 Å². The molecule has 2 atom stereocenters. The highest BCUT2D eigenvalue weighted by molar-refractivity contribution is 5.87. The van der Waals surface area contributed by atoms with Crippen LogP contribution in [-0.2, 0) is 9.59 Å². The molecule has 0 saturated carbocycles. The van der Waals surface area contributed by atoms with Crippen LogP contribution in [0.3, 0.4) is 0 Å². The van der Waals surface area contributed by atoms with Gasteiger partial charge in [0.2, 0.25) is 11.8 Å². The summed E-state index contributed by atoms with van der Waals surface area (Å²) in [5, 5.41) is 10.7. The quantitative estimate of drug-likeness (QED) is 0.750. The highest BCUT2D eigenvalue weighted by Crippen LogP contribution is 2.19. The predicted molar refractivity (Wildman–Crippen MR) is 95.9 cm³/mol. The number of nitrogens with two attached hydrogens (primary N) is 1. The summed E-state index contributed by atoms with van der Waals surface area (Å²) in [5.41, 5.74) is 5.79. The first-order valence-electron chi connectivity index (χ1n) is 8.71. The van der Waals surface area contributed by atoms with Crippen LogP contribution in [0.4, 0.5) is 5.82 Å². The van der Waals surface area contributed by atoms with E-state index in [0.717, 1.165) is 25.2 Å². The van der Waals surface area contributed by atoms with Gasteiger partial charge >= 0.3 is 0 Å². The molecular weight excluding hydrogens is 320 g/mol. The highest BCUT2D eigenvalue weighted by Gasteiger charge is 2.27. The monoisotopic (exact) mass is 348 g/mol. The number of carbonyl (C=O) groups excluding carboxylic acids is 2. The van der Waals surface area contributed by atoms with Crippen molar-refractivity contribution in [2.45, 2.75) is 38.8 Å². The Morgan fingerprint density at radius 2 is 2.24 bits per heavy atom. The molecule has 2 heterocycles. The van der Waals surface area contributed by atoms with Gasteiger partial charge in [-0.1, -0.05) is 13.8 Å². The summed E-state index contributed by atoms with van der Waals surface area (Å²) in [6.45, 7) is 5.33. The van der Waals surface area contributed by atoms with Crippen LogP contribution in [-0.4, -0.2) is 65.7 Å². The van der Waals surface area contributed by atoms with Crippen LogP contribution in [0.25, 0.3) is 0 Å². The molecular formula is C17H28N6O2. The molecule has 138 valence electrons. The van der Waals surface area contributed by atoms with E-state index in [2.05, 4.69) is 20.4 Å². The number of rotatable bonds is 6. The summed E-state index contributed by atoms with van der Waals surface area (Å²) in [7, 11) is 1.78. The fourth-order valence-corrected chi connectivity index (χ4v) is 2.85. The van der Waals surface area contributed by atoms with Crippen molar-refractivity contribution in [2.75, 3.05) is 31.6 Å². The normalized spacial score (nSPS) is 18.8. The minimum absolute atomic E-state index is 0.0304. The molecule has 0 aliphatic carbocycles. The van der Waals surface area contributed by atoms with Gasteiger partial charge in [0.15, 0.2) is 5.82 Å². The van der Waals surface area contributed by atoms with Crippen LogP contribution >= 0.6 is 0 Å². The summed E-state index contributed by atoms with van der Waals surface area (Å²) in [5.74, 6) is 0.452. The number of piperidine rings is 1. The molecule has 0 bridgehead atoms. The average Bonchev–Trinajstić information content (AvgIpc) is 2.65. The Bertz CT molecular complexity index is 580. The lowest BCUT2D eigenvalue weighted by Crippen LogP contribution is -2.52.